The second-order valence-corrected chi connectivity index (χ2v) is 7.01. The highest BCUT2D eigenvalue weighted by molar-refractivity contribution is 6.45. The Morgan fingerprint density at radius 1 is 0.931 bits per heavy atom. The Balaban J connectivity index is 1.88. The number of para-hydroxylation sites is 1. The molecule has 150 valence electrons. The first-order valence-corrected chi connectivity index (χ1v) is 9.49. The quantitative estimate of drug-likeness (QED) is 0.737. The molecular formula is C22H20F2N2O3. The average molecular weight is 398 g/mol. The number of amides is 2. The molecule has 2 aromatic carbocycles. The van der Waals surface area contributed by atoms with Gasteiger partial charge in [0.1, 0.15) is 23.1 Å². The number of rotatable bonds is 4. The second-order valence-electron chi connectivity index (χ2n) is 7.01. The predicted molar refractivity (Wildman–Crippen MR) is 104 cm³/mol. The lowest BCUT2D eigenvalue weighted by molar-refractivity contribution is -0.120. The molecule has 0 unspecified atom stereocenters. The monoisotopic (exact) mass is 398 g/mol. The Kier molecular flexibility index (Phi) is 5.05. The van der Waals surface area contributed by atoms with Gasteiger partial charge in [-0.1, -0.05) is 18.2 Å². The maximum atomic E-state index is 14.5. The summed E-state index contributed by atoms with van der Waals surface area (Å²) < 4.78 is 33.2. The van der Waals surface area contributed by atoms with Crippen LogP contribution in [-0.4, -0.2) is 36.9 Å². The van der Waals surface area contributed by atoms with Gasteiger partial charge in [-0.3, -0.25) is 9.59 Å². The minimum atomic E-state index is -0.967. The number of hydrogen-bond donors (Lipinski definition) is 0. The first-order valence-electron chi connectivity index (χ1n) is 9.49. The number of hydrogen-bond acceptors (Lipinski definition) is 4. The molecule has 2 amide bonds. The predicted octanol–water partition coefficient (Wildman–Crippen LogP) is 3.74. The van der Waals surface area contributed by atoms with Crippen molar-refractivity contribution in [2.45, 2.75) is 19.3 Å². The van der Waals surface area contributed by atoms with Crippen LogP contribution in [0.2, 0.25) is 0 Å². The zero-order valence-electron chi connectivity index (χ0n) is 16.0. The van der Waals surface area contributed by atoms with Crippen LogP contribution in [-0.2, 0) is 9.59 Å². The fourth-order valence-electron chi connectivity index (χ4n) is 3.90. The normalized spacial score (nSPS) is 17.3. The number of halogens is 2. The summed E-state index contributed by atoms with van der Waals surface area (Å²) in [6.45, 7) is 1.26. The van der Waals surface area contributed by atoms with Crippen molar-refractivity contribution in [3.8, 4) is 5.75 Å². The highest BCUT2D eigenvalue weighted by Gasteiger charge is 2.44. The average Bonchev–Trinajstić information content (AvgIpc) is 2.99. The maximum Gasteiger partial charge on any atom is 0.282 e. The summed E-state index contributed by atoms with van der Waals surface area (Å²) in [5.74, 6) is -2.56. The summed E-state index contributed by atoms with van der Waals surface area (Å²) in [5.41, 5.74) is 0.626. The first kappa shape index (κ1) is 19.1. The summed E-state index contributed by atoms with van der Waals surface area (Å²) in [6, 6.07) is 9.72. The van der Waals surface area contributed by atoms with Crippen LogP contribution in [0.5, 0.6) is 5.75 Å². The van der Waals surface area contributed by atoms with E-state index in [-0.39, 0.29) is 17.0 Å². The van der Waals surface area contributed by atoms with Crippen LogP contribution in [0.15, 0.2) is 48.2 Å². The highest BCUT2D eigenvalue weighted by atomic mass is 19.1. The van der Waals surface area contributed by atoms with Crippen LogP contribution in [0.4, 0.5) is 14.5 Å². The van der Waals surface area contributed by atoms with E-state index in [1.54, 1.807) is 24.3 Å². The van der Waals surface area contributed by atoms with Crippen molar-refractivity contribution in [3.63, 3.8) is 0 Å². The molecule has 1 saturated heterocycles. The molecule has 0 aliphatic carbocycles. The number of imide groups is 1. The number of carbonyl (C=O) groups excluding carboxylic acids is 2. The Bertz CT molecular complexity index is 1010. The molecule has 29 heavy (non-hydrogen) atoms. The molecular weight excluding hydrogens is 378 g/mol. The van der Waals surface area contributed by atoms with Gasteiger partial charge in [0.15, 0.2) is 0 Å². The molecule has 0 atom stereocenters. The zero-order chi connectivity index (χ0) is 20.5. The van der Waals surface area contributed by atoms with Crippen molar-refractivity contribution in [1.82, 2.24) is 4.90 Å². The van der Waals surface area contributed by atoms with Gasteiger partial charge in [-0.15, -0.1) is 0 Å². The number of ether oxygens (including phenoxy) is 1. The summed E-state index contributed by atoms with van der Waals surface area (Å²) in [6.07, 6.45) is 2.84. The van der Waals surface area contributed by atoms with Gasteiger partial charge >= 0.3 is 0 Å². The fourth-order valence-corrected chi connectivity index (χ4v) is 3.90. The van der Waals surface area contributed by atoms with Crippen LogP contribution in [0.1, 0.15) is 24.8 Å². The number of likely N-dealkylation sites (tertiary alicyclic amines) is 1. The van der Waals surface area contributed by atoms with Crippen LogP contribution < -0.4 is 9.64 Å². The molecule has 0 aromatic heterocycles. The van der Waals surface area contributed by atoms with Crippen molar-refractivity contribution in [3.05, 3.63) is 65.4 Å². The molecule has 0 radical (unpaired) electrons. The van der Waals surface area contributed by atoms with E-state index < -0.39 is 23.4 Å². The molecule has 0 N–H and O–H groups in total. The van der Waals surface area contributed by atoms with Crippen molar-refractivity contribution >= 4 is 23.1 Å². The Morgan fingerprint density at radius 2 is 1.66 bits per heavy atom. The zero-order valence-corrected chi connectivity index (χ0v) is 16.0. The molecule has 0 saturated carbocycles. The molecule has 2 aliphatic heterocycles. The summed E-state index contributed by atoms with van der Waals surface area (Å²) in [7, 11) is 1.48. The van der Waals surface area contributed by atoms with E-state index in [9.17, 15) is 18.4 Å². The van der Waals surface area contributed by atoms with Crippen LogP contribution in [0.25, 0.3) is 5.57 Å². The largest absolute Gasteiger partial charge is 0.496 e. The van der Waals surface area contributed by atoms with Crippen LogP contribution in [0, 0.1) is 11.6 Å². The number of methoxy groups -OCH3 is 1. The van der Waals surface area contributed by atoms with E-state index in [1.165, 1.54) is 7.11 Å². The lowest BCUT2D eigenvalue weighted by atomic mass is 10.0. The van der Waals surface area contributed by atoms with Crippen LogP contribution >= 0.6 is 0 Å². The number of carbonyl (C=O) groups is 2. The number of nitrogens with zero attached hydrogens (tertiary/aromatic N) is 2. The van der Waals surface area contributed by atoms with E-state index in [0.29, 0.717) is 30.5 Å². The molecule has 2 aromatic rings. The topological polar surface area (TPSA) is 49.9 Å². The molecule has 1 fully saturated rings. The van der Waals surface area contributed by atoms with Crippen LogP contribution in [0.3, 0.4) is 0 Å². The molecule has 2 heterocycles. The van der Waals surface area contributed by atoms with Gasteiger partial charge in [-0.2, -0.15) is 0 Å². The highest BCUT2D eigenvalue weighted by Crippen LogP contribution is 2.39. The van der Waals surface area contributed by atoms with Crippen molar-refractivity contribution in [2.75, 3.05) is 25.1 Å². The van der Waals surface area contributed by atoms with E-state index in [1.807, 2.05) is 4.90 Å². The van der Waals surface area contributed by atoms with Crippen molar-refractivity contribution in [1.29, 1.82) is 0 Å². The lowest BCUT2D eigenvalue weighted by Crippen LogP contribution is -2.37. The van der Waals surface area contributed by atoms with Gasteiger partial charge in [0.2, 0.25) is 0 Å². The molecule has 2 aliphatic rings. The minimum absolute atomic E-state index is 0.179. The third-order valence-electron chi connectivity index (χ3n) is 5.26. The minimum Gasteiger partial charge on any atom is -0.496 e. The summed E-state index contributed by atoms with van der Waals surface area (Å²) in [5, 5.41) is 0. The van der Waals surface area contributed by atoms with Crippen molar-refractivity contribution in [2.24, 2.45) is 0 Å². The van der Waals surface area contributed by atoms with Gasteiger partial charge in [0, 0.05) is 24.7 Å². The number of benzene rings is 2. The summed E-state index contributed by atoms with van der Waals surface area (Å²) in [4.78, 5) is 29.4. The molecule has 0 spiro atoms. The van der Waals surface area contributed by atoms with Gasteiger partial charge in [-0.25, -0.2) is 13.7 Å². The molecule has 7 heteroatoms. The molecule has 4 rings (SSSR count). The molecule has 0 bridgehead atoms. The van der Waals surface area contributed by atoms with E-state index in [0.717, 1.165) is 36.3 Å². The van der Waals surface area contributed by atoms with E-state index in [2.05, 4.69) is 0 Å². The third-order valence-corrected chi connectivity index (χ3v) is 5.26. The second kappa shape index (κ2) is 7.66. The Labute approximate surface area is 167 Å². The third kappa shape index (κ3) is 3.26. The SMILES string of the molecule is COc1ccccc1C1=C(N2CCCCC2)C(=O)N(c2ccc(F)cc2F)C1=O. The maximum absolute atomic E-state index is 14.5. The number of piperidine rings is 1. The Morgan fingerprint density at radius 3 is 2.34 bits per heavy atom. The number of anilines is 1. The smallest absolute Gasteiger partial charge is 0.282 e. The first-order chi connectivity index (χ1) is 14.0. The van der Waals surface area contributed by atoms with Gasteiger partial charge in [0.25, 0.3) is 11.8 Å². The molecule has 5 nitrogen and oxygen atoms in total. The van der Waals surface area contributed by atoms with Gasteiger partial charge in [-0.05, 0) is 37.5 Å². The standard InChI is InChI=1S/C22H20F2N2O3/c1-29-18-8-4-3-7-15(18)19-20(25-11-5-2-6-12-25)22(28)26(21(19)27)17-10-9-14(23)13-16(17)24/h3-4,7-10,13H,2,5-6,11-12H2,1H3. The Hall–Kier alpha value is -3.22. The van der Waals surface area contributed by atoms with Gasteiger partial charge in [0.05, 0.1) is 18.4 Å². The van der Waals surface area contributed by atoms with E-state index in [4.69, 9.17) is 4.74 Å². The summed E-state index contributed by atoms with van der Waals surface area (Å²) >= 11 is 0. The lowest BCUT2D eigenvalue weighted by Gasteiger charge is -2.29. The van der Waals surface area contributed by atoms with Crippen molar-refractivity contribution < 1.29 is 23.1 Å². The van der Waals surface area contributed by atoms with Gasteiger partial charge < -0.3 is 9.64 Å². The van der Waals surface area contributed by atoms with E-state index >= 15 is 0 Å². The fraction of sp³-hybridized carbons (Fsp3) is 0.273.